The molecule has 19 heavy (non-hydrogen) atoms. The minimum Gasteiger partial charge on any atom is -0.381 e. The molecule has 1 aliphatic rings. The van der Waals surface area contributed by atoms with Crippen molar-refractivity contribution in [2.45, 2.75) is 39.3 Å². The van der Waals surface area contributed by atoms with Crippen LogP contribution in [0.4, 0.5) is 11.4 Å². The fourth-order valence-electron chi connectivity index (χ4n) is 2.56. The lowest BCUT2D eigenvalue weighted by molar-refractivity contribution is -0.385. The Bertz CT molecular complexity index is 474. The molecule has 1 aliphatic heterocycles. The molecule has 0 radical (unpaired) electrons. The Labute approximate surface area is 113 Å². The van der Waals surface area contributed by atoms with Crippen LogP contribution in [-0.4, -0.2) is 35.0 Å². The predicted octanol–water partition coefficient (Wildman–Crippen LogP) is 2.80. The summed E-state index contributed by atoms with van der Waals surface area (Å²) in [6.07, 6.45) is 1.12. The third kappa shape index (κ3) is 3.23. The Hall–Kier alpha value is -1.62. The smallest absolute Gasteiger partial charge is 0.272 e. The zero-order valence-electron chi connectivity index (χ0n) is 11.7. The van der Waals surface area contributed by atoms with Gasteiger partial charge in [-0.15, -0.1) is 0 Å². The monoisotopic (exact) mass is 263 g/mol. The molecule has 1 aromatic rings. The fourth-order valence-corrected chi connectivity index (χ4v) is 2.56. The summed E-state index contributed by atoms with van der Waals surface area (Å²) in [4.78, 5) is 12.9. The minimum atomic E-state index is -0.338. The van der Waals surface area contributed by atoms with E-state index in [9.17, 15) is 10.1 Å². The maximum Gasteiger partial charge on any atom is 0.272 e. The summed E-state index contributed by atoms with van der Waals surface area (Å²) < 4.78 is 0. The molecular weight excluding hydrogens is 242 g/mol. The maximum atomic E-state index is 10.8. The third-order valence-corrected chi connectivity index (χ3v) is 3.71. The van der Waals surface area contributed by atoms with Gasteiger partial charge in [0.05, 0.1) is 4.92 Å². The van der Waals surface area contributed by atoms with Crippen molar-refractivity contribution in [2.75, 3.05) is 18.4 Å². The van der Waals surface area contributed by atoms with Gasteiger partial charge in [-0.1, -0.05) is 0 Å². The van der Waals surface area contributed by atoms with Gasteiger partial charge in [-0.25, -0.2) is 0 Å². The summed E-state index contributed by atoms with van der Waals surface area (Å²) in [7, 11) is 0. The SMILES string of the molecule is Cc1cc(NC2CCN(C(C)C)C2)ccc1[N+](=O)[O-]. The van der Waals surface area contributed by atoms with Gasteiger partial charge in [0.25, 0.3) is 5.69 Å². The van der Waals surface area contributed by atoms with E-state index in [1.807, 2.05) is 6.07 Å². The van der Waals surface area contributed by atoms with Crippen LogP contribution < -0.4 is 5.32 Å². The normalized spacial score (nSPS) is 19.9. The number of aryl methyl sites for hydroxylation is 1. The van der Waals surface area contributed by atoms with Crippen molar-refractivity contribution >= 4 is 11.4 Å². The average Bonchev–Trinajstić information content (AvgIpc) is 2.77. The van der Waals surface area contributed by atoms with Crippen LogP contribution in [0.5, 0.6) is 0 Å². The molecular formula is C14H21N3O2. The molecule has 5 nitrogen and oxygen atoms in total. The van der Waals surface area contributed by atoms with Crippen LogP contribution in [0.15, 0.2) is 18.2 Å². The molecule has 104 valence electrons. The fraction of sp³-hybridized carbons (Fsp3) is 0.571. The van der Waals surface area contributed by atoms with Crippen LogP contribution in [0.2, 0.25) is 0 Å². The number of hydrogen-bond acceptors (Lipinski definition) is 4. The second-order valence-electron chi connectivity index (χ2n) is 5.48. The number of nitrogens with one attached hydrogen (secondary N) is 1. The summed E-state index contributed by atoms with van der Waals surface area (Å²) in [5.74, 6) is 0. The molecule has 0 aromatic heterocycles. The standard InChI is InChI=1S/C14H21N3O2/c1-10(2)16-7-6-13(9-16)15-12-4-5-14(17(18)19)11(3)8-12/h4-5,8,10,13,15H,6-7,9H2,1-3H3. The van der Waals surface area contributed by atoms with Gasteiger partial charge in [-0.05, 0) is 39.3 Å². The van der Waals surface area contributed by atoms with Crippen molar-refractivity contribution in [2.24, 2.45) is 0 Å². The van der Waals surface area contributed by atoms with Crippen LogP contribution in [0, 0.1) is 17.0 Å². The number of nitrogens with zero attached hydrogens (tertiary/aromatic N) is 2. The first kappa shape index (κ1) is 13.8. The van der Waals surface area contributed by atoms with E-state index in [-0.39, 0.29) is 10.6 Å². The Balaban J connectivity index is 2.01. The van der Waals surface area contributed by atoms with Crippen molar-refractivity contribution < 1.29 is 4.92 Å². The van der Waals surface area contributed by atoms with E-state index in [0.717, 1.165) is 25.2 Å². The van der Waals surface area contributed by atoms with E-state index in [4.69, 9.17) is 0 Å². The largest absolute Gasteiger partial charge is 0.381 e. The Morgan fingerprint density at radius 3 is 2.74 bits per heavy atom. The third-order valence-electron chi connectivity index (χ3n) is 3.71. The number of rotatable bonds is 4. The number of nitro groups is 1. The maximum absolute atomic E-state index is 10.8. The highest BCUT2D eigenvalue weighted by Gasteiger charge is 2.24. The van der Waals surface area contributed by atoms with E-state index in [1.54, 1.807) is 19.1 Å². The van der Waals surface area contributed by atoms with Gasteiger partial charge in [0.1, 0.15) is 0 Å². The van der Waals surface area contributed by atoms with Gasteiger partial charge >= 0.3 is 0 Å². The quantitative estimate of drug-likeness (QED) is 0.670. The molecule has 0 bridgehead atoms. The van der Waals surface area contributed by atoms with Gasteiger partial charge in [-0.2, -0.15) is 0 Å². The second kappa shape index (κ2) is 5.57. The zero-order valence-corrected chi connectivity index (χ0v) is 11.7. The molecule has 1 heterocycles. The summed E-state index contributed by atoms with van der Waals surface area (Å²) in [5, 5.41) is 14.2. The first-order chi connectivity index (χ1) is 8.97. The van der Waals surface area contributed by atoms with Gasteiger partial charge in [0, 0.05) is 42.5 Å². The molecule has 1 unspecified atom stereocenters. The van der Waals surface area contributed by atoms with E-state index in [0.29, 0.717) is 17.6 Å². The van der Waals surface area contributed by atoms with Crippen LogP contribution in [0.3, 0.4) is 0 Å². The summed E-state index contributed by atoms with van der Waals surface area (Å²) >= 11 is 0. The van der Waals surface area contributed by atoms with Crippen LogP contribution in [0.1, 0.15) is 25.8 Å². The summed E-state index contributed by atoms with van der Waals surface area (Å²) in [5.41, 5.74) is 1.85. The van der Waals surface area contributed by atoms with Crippen molar-refractivity contribution in [3.05, 3.63) is 33.9 Å². The molecule has 5 heteroatoms. The van der Waals surface area contributed by atoms with E-state index >= 15 is 0 Å². The lowest BCUT2D eigenvalue weighted by Crippen LogP contribution is -2.31. The number of hydrogen-bond donors (Lipinski definition) is 1. The molecule has 0 spiro atoms. The lowest BCUT2D eigenvalue weighted by Gasteiger charge is -2.21. The predicted molar refractivity (Wildman–Crippen MR) is 76.6 cm³/mol. The first-order valence-electron chi connectivity index (χ1n) is 6.73. The van der Waals surface area contributed by atoms with E-state index < -0.39 is 0 Å². The van der Waals surface area contributed by atoms with Crippen molar-refractivity contribution in [3.63, 3.8) is 0 Å². The summed E-state index contributed by atoms with van der Waals surface area (Å²) in [6, 6.07) is 6.24. The Kier molecular flexibility index (Phi) is 4.04. The van der Waals surface area contributed by atoms with E-state index in [1.165, 1.54) is 0 Å². The highest BCUT2D eigenvalue weighted by atomic mass is 16.6. The first-order valence-corrected chi connectivity index (χ1v) is 6.73. The average molecular weight is 263 g/mol. The van der Waals surface area contributed by atoms with Crippen molar-refractivity contribution in [1.29, 1.82) is 0 Å². The molecule has 1 atom stereocenters. The molecule has 1 fully saturated rings. The molecule has 1 N–H and O–H groups in total. The minimum absolute atomic E-state index is 0.181. The molecule has 1 saturated heterocycles. The molecule has 0 saturated carbocycles. The van der Waals surface area contributed by atoms with Gasteiger partial charge in [0.2, 0.25) is 0 Å². The molecule has 1 aromatic carbocycles. The Morgan fingerprint density at radius 1 is 1.47 bits per heavy atom. The van der Waals surface area contributed by atoms with Gasteiger partial charge in [0.15, 0.2) is 0 Å². The highest BCUT2D eigenvalue weighted by molar-refractivity contribution is 5.54. The van der Waals surface area contributed by atoms with Gasteiger partial charge < -0.3 is 5.32 Å². The Morgan fingerprint density at radius 2 is 2.21 bits per heavy atom. The lowest BCUT2D eigenvalue weighted by atomic mass is 10.1. The van der Waals surface area contributed by atoms with Crippen LogP contribution >= 0.6 is 0 Å². The molecule has 2 rings (SSSR count). The van der Waals surface area contributed by atoms with E-state index in [2.05, 4.69) is 24.1 Å². The van der Waals surface area contributed by atoms with Crippen molar-refractivity contribution in [3.8, 4) is 0 Å². The summed E-state index contributed by atoms with van der Waals surface area (Å²) in [6.45, 7) is 8.34. The number of nitro benzene ring substituents is 1. The number of benzene rings is 1. The van der Waals surface area contributed by atoms with Gasteiger partial charge in [-0.3, -0.25) is 15.0 Å². The van der Waals surface area contributed by atoms with Crippen LogP contribution in [0.25, 0.3) is 0 Å². The zero-order chi connectivity index (χ0) is 14.0. The molecule has 0 amide bonds. The number of anilines is 1. The molecule has 0 aliphatic carbocycles. The van der Waals surface area contributed by atoms with Crippen LogP contribution in [-0.2, 0) is 0 Å². The highest BCUT2D eigenvalue weighted by Crippen LogP contribution is 2.23. The second-order valence-corrected chi connectivity index (χ2v) is 5.48. The number of likely N-dealkylation sites (tertiary alicyclic amines) is 1. The van der Waals surface area contributed by atoms with Crippen molar-refractivity contribution in [1.82, 2.24) is 4.90 Å². The topological polar surface area (TPSA) is 58.4 Å².